The molecule has 0 bridgehead atoms. The molecule has 4 rings (SSSR count). The summed E-state index contributed by atoms with van der Waals surface area (Å²) in [5.74, 6) is -0.307. The van der Waals surface area contributed by atoms with Crippen molar-refractivity contribution >= 4 is 50.5 Å². The monoisotopic (exact) mass is 481 g/mol. The third kappa shape index (κ3) is 4.63. The molecule has 2 aromatic heterocycles. The lowest BCUT2D eigenvalue weighted by atomic mass is 9.98. The molecule has 1 aliphatic rings. The van der Waals surface area contributed by atoms with E-state index < -0.39 is 10.0 Å². The first-order valence-corrected chi connectivity index (χ1v) is 12.4. The molecule has 1 aliphatic heterocycles. The van der Waals surface area contributed by atoms with Crippen molar-refractivity contribution in [2.75, 3.05) is 17.5 Å². The second-order valence-electron chi connectivity index (χ2n) is 7.63. The Bertz CT molecular complexity index is 1280. The number of aromatic nitrogens is 3. The van der Waals surface area contributed by atoms with Crippen LogP contribution in [0.3, 0.4) is 0 Å². The van der Waals surface area contributed by atoms with E-state index in [9.17, 15) is 13.2 Å². The smallest absolute Gasteiger partial charge is 0.256 e. The average molecular weight is 482 g/mol. The fourth-order valence-electron chi connectivity index (χ4n) is 3.89. The highest BCUT2D eigenvalue weighted by Crippen LogP contribution is 2.34. The summed E-state index contributed by atoms with van der Waals surface area (Å²) in [6.45, 7) is 2.41. The van der Waals surface area contributed by atoms with E-state index in [0.29, 0.717) is 28.1 Å². The minimum atomic E-state index is -3.57. The molecule has 3 heterocycles. The van der Waals surface area contributed by atoms with Crippen LogP contribution < -0.4 is 4.72 Å². The number of anilines is 1. The summed E-state index contributed by atoms with van der Waals surface area (Å²) in [6, 6.07) is 7.81. The highest BCUT2D eigenvalue weighted by Gasteiger charge is 2.32. The summed E-state index contributed by atoms with van der Waals surface area (Å²) >= 11 is 12.2. The van der Waals surface area contributed by atoms with Gasteiger partial charge in [-0.2, -0.15) is 5.10 Å². The van der Waals surface area contributed by atoms with Gasteiger partial charge in [-0.1, -0.05) is 23.2 Å². The predicted octanol–water partition coefficient (Wildman–Crippen LogP) is 4.08. The van der Waals surface area contributed by atoms with Gasteiger partial charge in [0.05, 0.1) is 29.2 Å². The van der Waals surface area contributed by atoms with Crippen LogP contribution in [0.25, 0.3) is 5.65 Å². The number of nitrogens with zero attached hydrogens (tertiary/aromatic N) is 4. The molecular formula is C20H21Cl2N5O3S. The molecule has 164 valence electrons. The Hall–Kier alpha value is -2.36. The van der Waals surface area contributed by atoms with Crippen molar-refractivity contribution in [1.29, 1.82) is 0 Å². The summed E-state index contributed by atoms with van der Waals surface area (Å²) in [6.07, 6.45) is 3.56. The Morgan fingerprint density at radius 3 is 2.71 bits per heavy atom. The molecule has 0 aliphatic carbocycles. The van der Waals surface area contributed by atoms with Crippen LogP contribution >= 0.6 is 23.2 Å². The van der Waals surface area contributed by atoms with Crippen LogP contribution in [0, 0.1) is 6.92 Å². The molecule has 1 unspecified atom stereocenters. The van der Waals surface area contributed by atoms with Gasteiger partial charge >= 0.3 is 0 Å². The molecule has 1 amide bonds. The van der Waals surface area contributed by atoms with Gasteiger partial charge in [-0.25, -0.2) is 17.9 Å². The molecule has 1 saturated heterocycles. The Morgan fingerprint density at radius 1 is 1.19 bits per heavy atom. The molecule has 1 fully saturated rings. The number of nitrogens with one attached hydrogen (secondary N) is 1. The normalized spacial score (nSPS) is 17.2. The molecular weight excluding hydrogens is 461 g/mol. The number of rotatable bonds is 4. The number of benzene rings is 1. The molecule has 3 aromatic rings. The zero-order chi connectivity index (χ0) is 22.3. The quantitative estimate of drug-likeness (QED) is 0.566. The summed E-state index contributed by atoms with van der Waals surface area (Å²) < 4.78 is 27.7. The average Bonchev–Trinajstić information content (AvgIpc) is 3.12. The number of aryl methyl sites for hydroxylation is 1. The fourth-order valence-corrected chi connectivity index (χ4v) is 4.88. The Morgan fingerprint density at radius 2 is 1.97 bits per heavy atom. The van der Waals surface area contributed by atoms with E-state index in [4.69, 9.17) is 23.2 Å². The molecule has 0 saturated carbocycles. The first kappa shape index (κ1) is 21.9. The van der Waals surface area contributed by atoms with Crippen LogP contribution in [0.4, 0.5) is 5.69 Å². The van der Waals surface area contributed by atoms with Crippen molar-refractivity contribution < 1.29 is 13.2 Å². The standard InChI is InChI=1S/C20H21Cl2N5O3S/c1-12-9-18(22)23-19-11-16(24-27(12)19)17-5-3-4-8-26(17)20(28)14-10-13(21)6-7-15(14)25-31(2,29)30/h6-7,9-11,17,25H,3-5,8H2,1-2H3. The van der Waals surface area contributed by atoms with Crippen LogP contribution in [0.15, 0.2) is 30.3 Å². The number of halogens is 2. The van der Waals surface area contributed by atoms with Crippen LogP contribution in [0.5, 0.6) is 0 Å². The fraction of sp³-hybridized carbons (Fsp3) is 0.350. The second-order valence-corrected chi connectivity index (χ2v) is 10.2. The Balaban J connectivity index is 1.74. The van der Waals surface area contributed by atoms with Gasteiger partial charge in [-0.05, 0) is 50.5 Å². The van der Waals surface area contributed by atoms with Crippen molar-refractivity contribution in [2.24, 2.45) is 0 Å². The van der Waals surface area contributed by atoms with E-state index in [1.807, 2.05) is 13.0 Å². The molecule has 1 atom stereocenters. The highest BCUT2D eigenvalue weighted by molar-refractivity contribution is 7.92. The number of hydrogen-bond acceptors (Lipinski definition) is 5. The first-order valence-electron chi connectivity index (χ1n) is 9.73. The maximum Gasteiger partial charge on any atom is 0.256 e. The van der Waals surface area contributed by atoms with E-state index >= 15 is 0 Å². The number of carbonyl (C=O) groups is 1. The second kappa shape index (κ2) is 8.29. The SMILES string of the molecule is Cc1cc(Cl)nc2cc(C3CCCCN3C(=O)c3cc(Cl)ccc3NS(C)(=O)=O)nn12. The lowest BCUT2D eigenvalue weighted by Crippen LogP contribution is -2.39. The van der Waals surface area contributed by atoms with Crippen molar-refractivity contribution in [3.8, 4) is 0 Å². The topological polar surface area (TPSA) is 96.7 Å². The van der Waals surface area contributed by atoms with Gasteiger partial charge in [0.25, 0.3) is 5.91 Å². The van der Waals surface area contributed by atoms with E-state index in [1.165, 1.54) is 12.1 Å². The first-order chi connectivity index (χ1) is 14.6. The number of fused-ring (bicyclic) bond motifs is 1. The number of piperidine rings is 1. The van der Waals surface area contributed by atoms with Gasteiger partial charge in [-0.15, -0.1) is 0 Å². The molecule has 1 aromatic carbocycles. The minimum absolute atomic E-state index is 0.195. The number of likely N-dealkylation sites (tertiary alicyclic amines) is 1. The number of sulfonamides is 1. The van der Waals surface area contributed by atoms with E-state index in [2.05, 4.69) is 14.8 Å². The van der Waals surface area contributed by atoms with E-state index in [-0.39, 0.29) is 23.2 Å². The molecule has 31 heavy (non-hydrogen) atoms. The predicted molar refractivity (Wildman–Crippen MR) is 120 cm³/mol. The van der Waals surface area contributed by atoms with Crippen molar-refractivity contribution in [2.45, 2.75) is 32.2 Å². The maximum atomic E-state index is 13.5. The molecule has 0 spiro atoms. The number of carbonyl (C=O) groups excluding carboxylic acids is 1. The number of hydrogen-bond donors (Lipinski definition) is 1. The van der Waals surface area contributed by atoms with Crippen LogP contribution in [0.1, 0.15) is 47.1 Å². The molecule has 11 heteroatoms. The van der Waals surface area contributed by atoms with Crippen LogP contribution in [-0.2, 0) is 10.0 Å². The minimum Gasteiger partial charge on any atom is -0.330 e. The third-order valence-electron chi connectivity index (χ3n) is 5.21. The largest absolute Gasteiger partial charge is 0.330 e. The van der Waals surface area contributed by atoms with Crippen LogP contribution in [-0.4, -0.2) is 46.6 Å². The van der Waals surface area contributed by atoms with Gasteiger partial charge in [0, 0.05) is 23.3 Å². The zero-order valence-electron chi connectivity index (χ0n) is 17.0. The summed E-state index contributed by atoms with van der Waals surface area (Å²) in [5, 5.41) is 5.39. The summed E-state index contributed by atoms with van der Waals surface area (Å²) in [4.78, 5) is 19.6. The van der Waals surface area contributed by atoms with Crippen molar-refractivity contribution in [3.05, 3.63) is 57.5 Å². The summed E-state index contributed by atoms with van der Waals surface area (Å²) in [7, 11) is -3.57. The molecule has 0 radical (unpaired) electrons. The van der Waals surface area contributed by atoms with E-state index in [0.717, 1.165) is 31.2 Å². The highest BCUT2D eigenvalue weighted by atomic mass is 35.5. The number of amides is 1. The van der Waals surface area contributed by atoms with Crippen molar-refractivity contribution in [3.63, 3.8) is 0 Å². The van der Waals surface area contributed by atoms with Gasteiger partial charge in [0.15, 0.2) is 5.65 Å². The third-order valence-corrected chi connectivity index (χ3v) is 6.22. The van der Waals surface area contributed by atoms with Gasteiger partial charge in [0.2, 0.25) is 10.0 Å². The van der Waals surface area contributed by atoms with Crippen molar-refractivity contribution in [1.82, 2.24) is 19.5 Å². The van der Waals surface area contributed by atoms with E-state index in [1.54, 1.807) is 21.5 Å². The van der Waals surface area contributed by atoms with Gasteiger partial charge < -0.3 is 4.90 Å². The Kier molecular flexibility index (Phi) is 5.85. The Labute approximate surface area is 190 Å². The lowest BCUT2D eigenvalue weighted by molar-refractivity contribution is 0.0607. The molecule has 1 N–H and O–H groups in total. The van der Waals surface area contributed by atoms with Gasteiger partial charge in [-0.3, -0.25) is 9.52 Å². The van der Waals surface area contributed by atoms with Gasteiger partial charge in [0.1, 0.15) is 5.15 Å². The zero-order valence-corrected chi connectivity index (χ0v) is 19.3. The maximum absolute atomic E-state index is 13.5. The van der Waals surface area contributed by atoms with Crippen LogP contribution in [0.2, 0.25) is 10.2 Å². The summed E-state index contributed by atoms with van der Waals surface area (Å²) in [5.41, 5.74) is 2.56. The lowest BCUT2D eigenvalue weighted by Gasteiger charge is -2.35. The molecule has 8 nitrogen and oxygen atoms in total.